The van der Waals surface area contributed by atoms with Crippen LogP contribution < -0.4 is 0 Å². The molecule has 16 heavy (non-hydrogen) atoms. The van der Waals surface area contributed by atoms with Crippen LogP contribution in [0.4, 0.5) is 4.39 Å². The summed E-state index contributed by atoms with van der Waals surface area (Å²) in [6.45, 7) is 1.64. The lowest BCUT2D eigenvalue weighted by Crippen LogP contribution is -2.29. The van der Waals surface area contributed by atoms with Crippen molar-refractivity contribution in [3.63, 3.8) is 0 Å². The number of rotatable bonds is 3. The quantitative estimate of drug-likeness (QED) is 0.747. The third-order valence-corrected chi connectivity index (χ3v) is 2.30. The van der Waals surface area contributed by atoms with E-state index >= 15 is 0 Å². The Morgan fingerprint density at radius 2 is 2.06 bits per heavy atom. The van der Waals surface area contributed by atoms with Crippen molar-refractivity contribution >= 4 is 5.97 Å². The highest BCUT2D eigenvalue weighted by Crippen LogP contribution is 2.22. The van der Waals surface area contributed by atoms with Crippen LogP contribution in [0.25, 0.3) is 0 Å². The molecule has 4 nitrogen and oxygen atoms in total. The highest BCUT2D eigenvalue weighted by atomic mass is 19.1. The maximum Gasteiger partial charge on any atom is 0.337 e. The van der Waals surface area contributed by atoms with Crippen LogP contribution in [0.15, 0.2) is 18.2 Å². The van der Waals surface area contributed by atoms with Gasteiger partial charge in [0.15, 0.2) is 6.10 Å². The number of esters is 1. The van der Waals surface area contributed by atoms with Crippen LogP contribution >= 0.6 is 0 Å². The number of carbonyl (C=O) groups excluding carboxylic acids is 1. The molecule has 0 fully saturated rings. The molecule has 5 heteroatoms. The van der Waals surface area contributed by atoms with Crippen LogP contribution in [-0.2, 0) is 9.53 Å². The van der Waals surface area contributed by atoms with Crippen LogP contribution in [0.5, 0.6) is 0 Å². The first-order valence-corrected chi connectivity index (χ1v) is 4.67. The molecular formula is C11H13FO4. The fourth-order valence-electron chi connectivity index (χ4n) is 1.35. The minimum atomic E-state index is -1.72. The summed E-state index contributed by atoms with van der Waals surface area (Å²) < 4.78 is 17.2. The number of halogens is 1. The smallest absolute Gasteiger partial charge is 0.337 e. The zero-order chi connectivity index (χ0) is 12.3. The number of aryl methyl sites for hydroxylation is 1. The molecule has 0 aliphatic carbocycles. The van der Waals surface area contributed by atoms with E-state index in [0.29, 0.717) is 5.56 Å². The molecule has 0 saturated heterocycles. The van der Waals surface area contributed by atoms with Gasteiger partial charge < -0.3 is 14.9 Å². The molecular weight excluding hydrogens is 215 g/mol. The van der Waals surface area contributed by atoms with Gasteiger partial charge in [-0.2, -0.15) is 0 Å². The van der Waals surface area contributed by atoms with Gasteiger partial charge in [-0.1, -0.05) is 6.07 Å². The van der Waals surface area contributed by atoms with Gasteiger partial charge >= 0.3 is 5.97 Å². The molecule has 1 aromatic carbocycles. The summed E-state index contributed by atoms with van der Waals surface area (Å²) in [5, 5.41) is 19.1. The Kier molecular flexibility index (Phi) is 3.98. The van der Waals surface area contributed by atoms with E-state index < -0.39 is 24.0 Å². The van der Waals surface area contributed by atoms with Crippen molar-refractivity contribution in [2.24, 2.45) is 0 Å². The Morgan fingerprint density at radius 1 is 1.44 bits per heavy atom. The van der Waals surface area contributed by atoms with Crippen molar-refractivity contribution in [1.29, 1.82) is 0 Å². The van der Waals surface area contributed by atoms with E-state index in [0.717, 1.165) is 13.2 Å². The van der Waals surface area contributed by atoms with E-state index in [9.17, 15) is 19.4 Å². The molecule has 2 atom stereocenters. The van der Waals surface area contributed by atoms with Gasteiger partial charge in [0.25, 0.3) is 0 Å². The third kappa shape index (κ3) is 2.56. The highest BCUT2D eigenvalue weighted by molar-refractivity contribution is 5.75. The van der Waals surface area contributed by atoms with E-state index in [1.807, 2.05) is 0 Å². The molecule has 1 aromatic rings. The average Bonchev–Trinajstić information content (AvgIpc) is 2.29. The molecule has 88 valence electrons. The van der Waals surface area contributed by atoms with Gasteiger partial charge in [0.05, 0.1) is 7.11 Å². The first kappa shape index (κ1) is 12.6. The first-order valence-electron chi connectivity index (χ1n) is 4.67. The minimum absolute atomic E-state index is 0.165. The SMILES string of the molecule is COC(=O)C(O)C(O)c1cc(F)ccc1C. The second-order valence-corrected chi connectivity index (χ2v) is 3.41. The summed E-state index contributed by atoms with van der Waals surface area (Å²) in [6, 6.07) is 3.76. The number of hydrogen-bond acceptors (Lipinski definition) is 4. The molecule has 0 aliphatic heterocycles. The molecule has 2 unspecified atom stereocenters. The molecule has 0 aliphatic rings. The van der Waals surface area contributed by atoms with Gasteiger partial charge in [0.2, 0.25) is 0 Å². The molecule has 0 amide bonds. The standard InChI is InChI=1S/C11H13FO4/c1-6-3-4-7(12)5-8(6)9(13)10(14)11(15)16-2/h3-5,9-10,13-14H,1-2H3. The van der Waals surface area contributed by atoms with Crippen molar-refractivity contribution in [1.82, 2.24) is 0 Å². The molecule has 0 spiro atoms. The second-order valence-electron chi connectivity index (χ2n) is 3.41. The van der Waals surface area contributed by atoms with Gasteiger partial charge in [-0.15, -0.1) is 0 Å². The fourth-order valence-corrected chi connectivity index (χ4v) is 1.35. The lowest BCUT2D eigenvalue weighted by molar-refractivity contribution is -0.156. The van der Waals surface area contributed by atoms with Gasteiger partial charge in [0, 0.05) is 0 Å². The molecule has 1 rings (SSSR count). The summed E-state index contributed by atoms with van der Waals surface area (Å²) in [5.41, 5.74) is 0.745. The van der Waals surface area contributed by atoms with Crippen LogP contribution in [0.3, 0.4) is 0 Å². The Labute approximate surface area is 92.3 Å². The highest BCUT2D eigenvalue weighted by Gasteiger charge is 2.27. The summed E-state index contributed by atoms with van der Waals surface area (Å²) in [7, 11) is 1.09. The summed E-state index contributed by atoms with van der Waals surface area (Å²) in [6.07, 6.45) is -3.21. The lowest BCUT2D eigenvalue weighted by Gasteiger charge is -2.17. The minimum Gasteiger partial charge on any atom is -0.467 e. The molecule has 0 heterocycles. The van der Waals surface area contributed by atoms with Crippen LogP contribution in [0.1, 0.15) is 17.2 Å². The van der Waals surface area contributed by atoms with Crippen LogP contribution in [0, 0.1) is 12.7 Å². The summed E-state index contributed by atoms with van der Waals surface area (Å²) in [4.78, 5) is 11.0. The predicted molar refractivity (Wildman–Crippen MR) is 54.1 cm³/mol. The molecule has 2 N–H and O–H groups in total. The van der Waals surface area contributed by atoms with Crippen molar-refractivity contribution in [3.8, 4) is 0 Å². The fraction of sp³-hybridized carbons (Fsp3) is 0.364. The summed E-state index contributed by atoms with van der Waals surface area (Å²) in [5.74, 6) is -1.51. The topological polar surface area (TPSA) is 66.8 Å². The normalized spacial score (nSPS) is 14.3. The van der Waals surface area contributed by atoms with Crippen molar-refractivity contribution in [2.75, 3.05) is 7.11 Å². The number of aliphatic hydroxyl groups is 2. The number of benzene rings is 1. The van der Waals surface area contributed by atoms with Gasteiger partial charge in [-0.3, -0.25) is 0 Å². The van der Waals surface area contributed by atoms with Crippen LogP contribution in [-0.4, -0.2) is 29.4 Å². The number of carbonyl (C=O) groups is 1. The van der Waals surface area contributed by atoms with Crippen LogP contribution in [0.2, 0.25) is 0 Å². The predicted octanol–water partition coefficient (Wildman–Crippen LogP) is 0.701. The summed E-state index contributed by atoms with van der Waals surface area (Å²) >= 11 is 0. The zero-order valence-electron chi connectivity index (χ0n) is 8.98. The van der Waals surface area contributed by atoms with Crippen molar-refractivity contribution < 1.29 is 24.1 Å². The maximum atomic E-state index is 12.9. The van der Waals surface area contributed by atoms with Gasteiger partial charge in [-0.25, -0.2) is 9.18 Å². The largest absolute Gasteiger partial charge is 0.467 e. The van der Waals surface area contributed by atoms with E-state index in [1.54, 1.807) is 6.92 Å². The third-order valence-electron chi connectivity index (χ3n) is 2.30. The first-order chi connectivity index (χ1) is 7.47. The maximum absolute atomic E-state index is 12.9. The Balaban J connectivity index is 2.99. The number of methoxy groups -OCH3 is 1. The molecule has 0 bridgehead atoms. The second kappa shape index (κ2) is 5.05. The molecule has 0 aromatic heterocycles. The van der Waals surface area contributed by atoms with Gasteiger partial charge in [0.1, 0.15) is 11.9 Å². The average molecular weight is 228 g/mol. The monoisotopic (exact) mass is 228 g/mol. The zero-order valence-corrected chi connectivity index (χ0v) is 8.98. The van der Waals surface area contributed by atoms with Crippen molar-refractivity contribution in [3.05, 3.63) is 35.1 Å². The number of hydrogen-bond donors (Lipinski definition) is 2. The molecule has 0 radical (unpaired) electrons. The Bertz CT molecular complexity index is 392. The van der Waals surface area contributed by atoms with E-state index in [-0.39, 0.29) is 5.56 Å². The molecule has 0 saturated carbocycles. The van der Waals surface area contributed by atoms with E-state index in [4.69, 9.17) is 0 Å². The number of aliphatic hydroxyl groups excluding tert-OH is 2. The Morgan fingerprint density at radius 3 is 2.62 bits per heavy atom. The van der Waals surface area contributed by atoms with Gasteiger partial charge in [-0.05, 0) is 30.2 Å². The van der Waals surface area contributed by atoms with E-state index in [1.165, 1.54) is 12.1 Å². The van der Waals surface area contributed by atoms with E-state index in [2.05, 4.69) is 4.74 Å². The Hall–Kier alpha value is -1.46. The van der Waals surface area contributed by atoms with Crippen molar-refractivity contribution in [2.45, 2.75) is 19.1 Å². The lowest BCUT2D eigenvalue weighted by atomic mass is 9.99. The number of ether oxygens (including phenoxy) is 1.